The average molecular weight is 375 g/mol. The normalized spacial score (nSPS) is 37.0. The van der Waals surface area contributed by atoms with Gasteiger partial charge in [-0.2, -0.15) is 0 Å². The zero-order valence-corrected chi connectivity index (χ0v) is 17.9. The second-order valence-corrected chi connectivity index (χ2v) is 15.8. The van der Waals surface area contributed by atoms with Crippen LogP contribution < -0.4 is 0 Å². The first-order valence-corrected chi connectivity index (χ1v) is 14.8. The van der Waals surface area contributed by atoms with Crippen LogP contribution in [0, 0.1) is 23.2 Å². The van der Waals surface area contributed by atoms with Gasteiger partial charge in [-0.25, -0.2) is 0 Å². The third kappa shape index (κ3) is 3.71. The van der Waals surface area contributed by atoms with E-state index in [1.165, 1.54) is 19.3 Å². The third-order valence-corrected chi connectivity index (χ3v) is 9.58. The molecule has 0 spiro atoms. The summed E-state index contributed by atoms with van der Waals surface area (Å²) < 4.78 is 32.0. The van der Waals surface area contributed by atoms with Gasteiger partial charge in [-0.15, -0.1) is 0 Å². The molecule has 0 heterocycles. The molecular weight excluding hydrogens is 339 g/mol. The summed E-state index contributed by atoms with van der Waals surface area (Å²) in [5.74, 6) is 2.01. The summed E-state index contributed by atoms with van der Waals surface area (Å²) >= 11 is 0. The predicted molar refractivity (Wildman–Crippen MR) is 99.7 cm³/mol. The maximum atomic E-state index is 13.8. The van der Waals surface area contributed by atoms with Crippen molar-refractivity contribution in [3.63, 3.8) is 0 Å². The summed E-state index contributed by atoms with van der Waals surface area (Å²) in [6.07, 6.45) is 7.56. The lowest BCUT2D eigenvalue weighted by Crippen LogP contribution is -2.54. The van der Waals surface area contributed by atoms with Crippen molar-refractivity contribution in [1.82, 2.24) is 0 Å². The van der Waals surface area contributed by atoms with Gasteiger partial charge in [-0.1, -0.05) is 0 Å². The minimum Gasteiger partial charge on any atom is -0.403 e. The molecule has 0 N–H and O–H groups in total. The molecule has 4 fully saturated rings. The highest BCUT2D eigenvalue weighted by molar-refractivity contribution is 7.54. The van der Waals surface area contributed by atoms with Crippen LogP contribution in [0.2, 0.25) is 19.6 Å². The topological polar surface area (TPSA) is 44.8 Å². The zero-order valence-electron chi connectivity index (χ0n) is 16.0. The Morgan fingerprint density at radius 1 is 0.958 bits per heavy atom. The van der Waals surface area contributed by atoms with Gasteiger partial charge in [0, 0.05) is 5.41 Å². The van der Waals surface area contributed by atoms with Crippen LogP contribution in [0.1, 0.15) is 52.4 Å². The van der Waals surface area contributed by atoms with Crippen LogP contribution in [0.5, 0.6) is 0 Å². The minimum atomic E-state index is -3.26. The first-order valence-electron chi connectivity index (χ1n) is 9.76. The minimum absolute atomic E-state index is 0.00883. The molecule has 0 amide bonds. The fraction of sp³-hybridized carbons (Fsp3) is 1.00. The van der Waals surface area contributed by atoms with Gasteiger partial charge < -0.3 is 13.5 Å². The number of rotatable bonds is 8. The Kier molecular flexibility index (Phi) is 5.42. The number of hydrogen-bond donors (Lipinski definition) is 0. The Morgan fingerprint density at radius 2 is 1.38 bits per heavy atom. The van der Waals surface area contributed by atoms with E-state index in [0.717, 1.165) is 37.0 Å². The molecule has 4 aliphatic rings. The summed E-state index contributed by atoms with van der Waals surface area (Å²) in [6, 6.07) is 0. The standard InChI is InChI=1S/C18H35O4PSi/c1-6-20-23(19,21-7-2)17(22-24(3,4)5)18-11-14-8-15(12-18)10-16(9-14)13-18/h14-17H,6-13H2,1-5H3. The molecule has 140 valence electrons. The van der Waals surface area contributed by atoms with Crippen molar-refractivity contribution in [3.8, 4) is 0 Å². The molecule has 4 bridgehead atoms. The van der Waals surface area contributed by atoms with Crippen molar-refractivity contribution >= 4 is 15.9 Å². The molecule has 0 aromatic rings. The van der Waals surface area contributed by atoms with Gasteiger partial charge in [0.1, 0.15) is 0 Å². The van der Waals surface area contributed by atoms with Crippen molar-refractivity contribution in [2.75, 3.05) is 13.2 Å². The molecule has 4 rings (SSSR count). The second-order valence-electron chi connectivity index (χ2n) is 9.24. The molecule has 4 nitrogen and oxygen atoms in total. The van der Waals surface area contributed by atoms with Crippen LogP contribution in [0.4, 0.5) is 0 Å². The van der Waals surface area contributed by atoms with Crippen LogP contribution in [0.3, 0.4) is 0 Å². The van der Waals surface area contributed by atoms with Crippen molar-refractivity contribution in [1.29, 1.82) is 0 Å². The maximum absolute atomic E-state index is 13.8. The molecule has 1 atom stereocenters. The van der Waals surface area contributed by atoms with Crippen molar-refractivity contribution in [2.24, 2.45) is 23.2 Å². The SMILES string of the molecule is CCOP(=O)(OCC)C(O[Si](C)(C)C)C12CC3CC(CC(C3)C1)C2. The summed E-state index contributed by atoms with van der Waals surface area (Å²) in [4.78, 5) is 0. The molecule has 0 aromatic carbocycles. The van der Waals surface area contributed by atoms with E-state index in [2.05, 4.69) is 19.6 Å². The van der Waals surface area contributed by atoms with Crippen LogP contribution in [0.15, 0.2) is 0 Å². The summed E-state index contributed by atoms with van der Waals surface area (Å²) in [7, 11) is -5.14. The highest BCUT2D eigenvalue weighted by atomic mass is 31.2. The number of hydrogen-bond acceptors (Lipinski definition) is 4. The second kappa shape index (κ2) is 6.81. The van der Waals surface area contributed by atoms with Gasteiger partial charge in [-0.3, -0.25) is 4.57 Å². The van der Waals surface area contributed by atoms with Crippen LogP contribution in [-0.2, 0) is 18.0 Å². The molecule has 0 aromatic heterocycles. The fourth-order valence-corrected chi connectivity index (χ4v) is 10.3. The smallest absolute Gasteiger partial charge is 0.358 e. The molecule has 1 unspecified atom stereocenters. The van der Waals surface area contributed by atoms with Crippen molar-refractivity contribution in [3.05, 3.63) is 0 Å². The van der Waals surface area contributed by atoms with E-state index in [4.69, 9.17) is 13.5 Å². The monoisotopic (exact) mass is 374 g/mol. The fourth-order valence-electron chi connectivity index (χ4n) is 5.87. The lowest BCUT2D eigenvalue weighted by atomic mass is 9.50. The molecule has 6 heteroatoms. The van der Waals surface area contributed by atoms with Gasteiger partial charge in [0.15, 0.2) is 14.2 Å². The Balaban J connectivity index is 1.96. The van der Waals surface area contributed by atoms with Gasteiger partial charge >= 0.3 is 7.60 Å². The molecule has 0 aliphatic heterocycles. The van der Waals surface area contributed by atoms with Crippen LogP contribution in [0.25, 0.3) is 0 Å². The summed E-state index contributed by atoms with van der Waals surface area (Å²) in [5, 5.41) is 0. The van der Waals surface area contributed by atoms with Gasteiger partial charge in [-0.05, 0) is 89.8 Å². The van der Waals surface area contributed by atoms with E-state index in [0.29, 0.717) is 13.2 Å². The Bertz CT molecular complexity index is 456. The van der Waals surface area contributed by atoms with Crippen LogP contribution >= 0.6 is 7.60 Å². The van der Waals surface area contributed by atoms with Gasteiger partial charge in [0.25, 0.3) is 0 Å². The first kappa shape index (κ1) is 19.1. The highest BCUT2D eigenvalue weighted by Crippen LogP contribution is 2.70. The van der Waals surface area contributed by atoms with Crippen LogP contribution in [-0.4, -0.2) is 27.4 Å². The molecule has 24 heavy (non-hydrogen) atoms. The zero-order chi connectivity index (χ0) is 17.6. The van der Waals surface area contributed by atoms with E-state index in [1.807, 2.05) is 13.8 Å². The average Bonchev–Trinajstić information content (AvgIpc) is 2.43. The summed E-state index contributed by atoms with van der Waals surface area (Å²) in [6.45, 7) is 11.2. The Labute approximate surface area is 148 Å². The Morgan fingerprint density at radius 3 is 1.71 bits per heavy atom. The molecule has 4 saturated carbocycles. The van der Waals surface area contributed by atoms with E-state index in [-0.39, 0.29) is 11.3 Å². The Hall–Kier alpha value is 0.327. The van der Waals surface area contributed by atoms with E-state index in [1.54, 1.807) is 0 Å². The lowest BCUT2D eigenvalue weighted by Gasteiger charge is -2.60. The quantitative estimate of drug-likeness (QED) is 0.407. The predicted octanol–water partition coefficient (Wildman–Crippen LogP) is 5.65. The van der Waals surface area contributed by atoms with Crippen molar-refractivity contribution in [2.45, 2.75) is 77.9 Å². The largest absolute Gasteiger partial charge is 0.403 e. The molecular formula is C18H35O4PSi. The van der Waals surface area contributed by atoms with Gasteiger partial charge in [0.05, 0.1) is 13.2 Å². The van der Waals surface area contributed by atoms with E-state index < -0.39 is 15.9 Å². The molecule has 0 radical (unpaired) electrons. The van der Waals surface area contributed by atoms with Gasteiger partial charge in [0.2, 0.25) is 0 Å². The first-order chi connectivity index (χ1) is 11.2. The van der Waals surface area contributed by atoms with E-state index in [9.17, 15) is 4.57 Å². The molecule has 4 aliphatic carbocycles. The third-order valence-electron chi connectivity index (χ3n) is 5.98. The highest BCUT2D eigenvalue weighted by Gasteiger charge is 2.60. The maximum Gasteiger partial charge on any atom is 0.358 e. The van der Waals surface area contributed by atoms with E-state index >= 15 is 0 Å². The summed E-state index contributed by atoms with van der Waals surface area (Å²) in [5.41, 5.74) is 0.00883. The lowest BCUT2D eigenvalue weighted by molar-refractivity contribution is -0.0965. The molecule has 0 saturated heterocycles. The van der Waals surface area contributed by atoms with Crippen molar-refractivity contribution < 1.29 is 18.0 Å².